The minimum Gasteiger partial charge on any atom is -0.394 e. The summed E-state index contributed by atoms with van der Waals surface area (Å²) in [6, 6.07) is 4.75. The van der Waals surface area contributed by atoms with Gasteiger partial charge in [-0.1, -0.05) is 0 Å². The molecule has 0 radical (unpaired) electrons. The number of rotatable bonds is 8. The molecule has 7 N–H and O–H groups in total. The lowest BCUT2D eigenvalue weighted by Gasteiger charge is -2.46. The predicted octanol–water partition coefficient (Wildman–Crippen LogP) is -3.17. The number of non-ortho nitro benzene ring substituents is 1. The zero-order valence-electron chi connectivity index (χ0n) is 17.7. The molecule has 2 heterocycles. The van der Waals surface area contributed by atoms with Crippen molar-refractivity contribution >= 4 is 11.5 Å². The van der Waals surface area contributed by atoms with E-state index in [-0.39, 0.29) is 11.3 Å². The molecule has 0 unspecified atom stereocenters. The van der Waals surface area contributed by atoms with Crippen molar-refractivity contribution in [2.45, 2.75) is 67.6 Å². The van der Waals surface area contributed by atoms with E-state index in [1.807, 2.05) is 0 Å². The van der Waals surface area contributed by atoms with Crippen LogP contribution in [0.2, 0.25) is 0 Å². The first-order valence-electron chi connectivity index (χ1n) is 10.4. The number of nitro groups is 1. The smallest absolute Gasteiger partial charge is 0.269 e. The largest absolute Gasteiger partial charge is 0.394 e. The maximum Gasteiger partial charge on any atom is 0.269 e. The van der Waals surface area contributed by atoms with E-state index in [2.05, 4.69) is 0 Å². The molecule has 2 fully saturated rings. The van der Waals surface area contributed by atoms with Crippen LogP contribution in [-0.2, 0) is 14.2 Å². The summed E-state index contributed by atoms with van der Waals surface area (Å²) in [4.78, 5) is 22.7. The summed E-state index contributed by atoms with van der Waals surface area (Å²) in [5.41, 5.74) is -0.106. The molecule has 0 aromatic heterocycles. The third-order valence-electron chi connectivity index (χ3n) is 5.89. The number of nitro benzene ring substituents is 1. The van der Waals surface area contributed by atoms with Crippen LogP contribution in [0.3, 0.4) is 0 Å². The molecule has 3 rings (SSSR count). The molecule has 2 aliphatic heterocycles. The summed E-state index contributed by atoms with van der Waals surface area (Å²) in [6.07, 6.45) is -16.0. The number of Topliss-reactive ketones (excluding diaryl/α,β-unsaturated/α-hetero) is 1. The van der Waals surface area contributed by atoms with E-state index in [0.29, 0.717) is 0 Å². The highest BCUT2D eigenvalue weighted by Gasteiger charge is 2.50. The van der Waals surface area contributed by atoms with Gasteiger partial charge in [-0.3, -0.25) is 14.9 Å². The zero-order chi connectivity index (χ0) is 25.2. The fraction of sp³-hybridized carbons (Fsp3) is 0.650. The van der Waals surface area contributed by atoms with Crippen molar-refractivity contribution in [3.63, 3.8) is 0 Å². The van der Waals surface area contributed by atoms with E-state index in [9.17, 15) is 50.7 Å². The Morgan fingerprint density at radius 1 is 0.853 bits per heavy atom. The molecule has 0 aliphatic carbocycles. The van der Waals surface area contributed by atoms with Gasteiger partial charge in [-0.2, -0.15) is 0 Å². The monoisotopic (exact) mass is 489 g/mol. The van der Waals surface area contributed by atoms with Crippen LogP contribution in [0.1, 0.15) is 16.8 Å². The summed E-state index contributed by atoms with van der Waals surface area (Å²) >= 11 is 0. The van der Waals surface area contributed by atoms with Gasteiger partial charge in [-0.25, -0.2) is 0 Å². The first-order chi connectivity index (χ1) is 16.1. The number of aliphatic hydroxyl groups is 7. The van der Waals surface area contributed by atoms with Crippen LogP contribution in [0.25, 0.3) is 0 Å². The van der Waals surface area contributed by atoms with Gasteiger partial charge in [0.1, 0.15) is 48.8 Å². The van der Waals surface area contributed by atoms with Crippen molar-refractivity contribution in [3.05, 3.63) is 39.9 Å². The van der Waals surface area contributed by atoms with Crippen LogP contribution in [0, 0.1) is 10.1 Å². The zero-order valence-corrected chi connectivity index (χ0v) is 17.7. The first-order valence-corrected chi connectivity index (χ1v) is 10.4. The average Bonchev–Trinajstić information content (AvgIpc) is 2.83. The van der Waals surface area contributed by atoms with E-state index in [1.54, 1.807) is 0 Å². The van der Waals surface area contributed by atoms with Gasteiger partial charge >= 0.3 is 0 Å². The van der Waals surface area contributed by atoms with Crippen molar-refractivity contribution in [2.75, 3.05) is 13.2 Å². The van der Waals surface area contributed by atoms with Crippen LogP contribution in [-0.4, -0.2) is 121 Å². The molecule has 1 aromatic carbocycles. The third kappa shape index (κ3) is 5.41. The second-order valence-corrected chi connectivity index (χ2v) is 8.11. The van der Waals surface area contributed by atoms with Gasteiger partial charge in [0.25, 0.3) is 5.69 Å². The standard InChI is InChI=1S/C20H27NO13/c22-6-12-15(26)16(27)18(29)20(33-12)34-19-13(7-23)32-11(14(25)17(19)28)5-10(24)8-1-3-9(4-2-8)21(30)31/h1-4,11-20,22-23,25-29H,5-7H2/t11-,12+,13+,14-,15-,16-,17+,18+,19+,20-/m0/s1. The van der Waals surface area contributed by atoms with Crippen LogP contribution < -0.4 is 0 Å². The van der Waals surface area contributed by atoms with Crippen LogP contribution in [0.15, 0.2) is 24.3 Å². The van der Waals surface area contributed by atoms with Crippen LogP contribution in [0.5, 0.6) is 0 Å². The molecular weight excluding hydrogens is 462 g/mol. The van der Waals surface area contributed by atoms with Crippen molar-refractivity contribution < 1.29 is 59.7 Å². The molecule has 0 saturated carbocycles. The Hall–Kier alpha value is -2.11. The summed E-state index contributed by atoms with van der Waals surface area (Å²) in [6.45, 7) is -1.44. The van der Waals surface area contributed by atoms with Crippen LogP contribution >= 0.6 is 0 Å². The van der Waals surface area contributed by atoms with Gasteiger partial charge in [-0.05, 0) is 12.1 Å². The lowest BCUT2D eigenvalue weighted by molar-refractivity contribution is -0.384. The van der Waals surface area contributed by atoms with Crippen molar-refractivity contribution in [1.82, 2.24) is 0 Å². The molecular formula is C20H27NO13. The first kappa shape index (κ1) is 26.5. The molecule has 14 nitrogen and oxygen atoms in total. The van der Waals surface area contributed by atoms with E-state index in [0.717, 1.165) is 12.1 Å². The molecule has 1 aromatic rings. The minimum atomic E-state index is -1.79. The SMILES string of the molecule is O=C(C[C@@H]1O[C@H](CO)[C@@H](O[C@@H]2O[C@H](CO)[C@H](O)[C@H](O)[C@H]2O)[C@H](O)[C@H]1O)c1ccc([N+](=O)[O-])cc1. The summed E-state index contributed by atoms with van der Waals surface area (Å²) in [7, 11) is 0. The topological polar surface area (TPSA) is 230 Å². The third-order valence-corrected chi connectivity index (χ3v) is 5.89. The van der Waals surface area contributed by atoms with Crippen molar-refractivity contribution in [3.8, 4) is 0 Å². The maximum absolute atomic E-state index is 12.6. The molecule has 0 amide bonds. The van der Waals surface area contributed by atoms with Gasteiger partial charge in [0.15, 0.2) is 12.1 Å². The number of benzene rings is 1. The van der Waals surface area contributed by atoms with Gasteiger partial charge in [0.05, 0.1) is 24.2 Å². The van der Waals surface area contributed by atoms with Crippen LogP contribution in [0.4, 0.5) is 5.69 Å². The Balaban J connectivity index is 1.69. The molecule has 2 saturated heterocycles. The molecule has 190 valence electrons. The maximum atomic E-state index is 12.6. The van der Waals surface area contributed by atoms with Crippen molar-refractivity contribution in [2.24, 2.45) is 0 Å². The predicted molar refractivity (Wildman–Crippen MR) is 108 cm³/mol. The Labute approximate surface area is 192 Å². The molecule has 10 atom stereocenters. The molecule has 14 heteroatoms. The molecule has 34 heavy (non-hydrogen) atoms. The van der Waals surface area contributed by atoms with Gasteiger partial charge in [-0.15, -0.1) is 0 Å². The van der Waals surface area contributed by atoms with Gasteiger partial charge < -0.3 is 50.0 Å². The number of nitrogens with zero attached hydrogens (tertiary/aromatic N) is 1. The quantitative estimate of drug-likeness (QED) is 0.109. The number of carbonyl (C=O) groups excluding carboxylic acids is 1. The number of aliphatic hydroxyl groups excluding tert-OH is 7. The highest BCUT2D eigenvalue weighted by molar-refractivity contribution is 5.96. The summed E-state index contributed by atoms with van der Waals surface area (Å²) in [5.74, 6) is -0.545. The van der Waals surface area contributed by atoms with Gasteiger partial charge in [0, 0.05) is 24.1 Å². The lowest BCUT2D eigenvalue weighted by Crippen LogP contribution is -2.64. The minimum absolute atomic E-state index is 0.108. The number of hydrogen-bond donors (Lipinski definition) is 7. The molecule has 0 bridgehead atoms. The highest BCUT2D eigenvalue weighted by Crippen LogP contribution is 2.30. The highest BCUT2D eigenvalue weighted by atomic mass is 16.7. The average molecular weight is 489 g/mol. The second kappa shape index (κ2) is 11.1. The van der Waals surface area contributed by atoms with E-state index >= 15 is 0 Å². The Morgan fingerprint density at radius 2 is 1.44 bits per heavy atom. The van der Waals surface area contributed by atoms with E-state index in [4.69, 9.17) is 14.2 Å². The summed E-state index contributed by atoms with van der Waals surface area (Å²) in [5, 5.41) is 80.8. The molecule has 0 spiro atoms. The van der Waals surface area contributed by atoms with E-state index in [1.165, 1.54) is 12.1 Å². The number of carbonyl (C=O) groups is 1. The second-order valence-electron chi connectivity index (χ2n) is 8.11. The Kier molecular flexibility index (Phi) is 8.64. The summed E-state index contributed by atoms with van der Waals surface area (Å²) < 4.78 is 16.2. The van der Waals surface area contributed by atoms with E-state index < -0.39 is 91.6 Å². The Bertz CT molecular complexity index is 847. The number of ketones is 1. The number of hydrogen-bond acceptors (Lipinski definition) is 13. The fourth-order valence-corrected chi connectivity index (χ4v) is 3.90. The van der Waals surface area contributed by atoms with Gasteiger partial charge in [0.2, 0.25) is 0 Å². The fourth-order valence-electron chi connectivity index (χ4n) is 3.90. The number of ether oxygens (including phenoxy) is 3. The molecule has 2 aliphatic rings. The normalized spacial score (nSPS) is 38.4. The van der Waals surface area contributed by atoms with Crippen molar-refractivity contribution in [1.29, 1.82) is 0 Å². The Morgan fingerprint density at radius 3 is 2.00 bits per heavy atom. The lowest BCUT2D eigenvalue weighted by atomic mass is 9.91.